The lowest BCUT2D eigenvalue weighted by atomic mass is 9.99. The number of hydrogen-bond acceptors (Lipinski definition) is 7. The van der Waals surface area contributed by atoms with Gasteiger partial charge in [0.05, 0.1) is 11.2 Å². The molecule has 10 aromatic rings. The van der Waals surface area contributed by atoms with E-state index in [1.165, 1.54) is 0 Å². The average molecular weight is 748 g/mol. The Kier molecular flexibility index (Phi) is 8.49. The molecule has 0 atom stereocenters. The molecule has 58 heavy (non-hydrogen) atoms. The molecule has 0 saturated carbocycles. The van der Waals surface area contributed by atoms with Crippen molar-refractivity contribution in [3.05, 3.63) is 192 Å². The van der Waals surface area contributed by atoms with Crippen LogP contribution < -0.4 is 5.56 Å². The van der Waals surface area contributed by atoms with Gasteiger partial charge in [-0.15, -0.1) is 0 Å². The Morgan fingerprint density at radius 3 is 1.34 bits per heavy atom. The normalized spacial score (nSPS) is 11.8. The summed E-state index contributed by atoms with van der Waals surface area (Å²) < 4.78 is 1.78. The second-order valence-corrected chi connectivity index (χ2v) is 14.0. The highest BCUT2D eigenvalue weighted by Gasteiger charge is 2.23. The minimum Gasteiger partial charge on any atom is -0.275 e. The Labute approximate surface area is 333 Å². The van der Waals surface area contributed by atoms with E-state index in [9.17, 15) is 4.79 Å². The average Bonchev–Trinajstić information content (AvgIpc) is 3.61. The summed E-state index contributed by atoms with van der Waals surface area (Å²) in [5.41, 5.74) is 7.21. The molecule has 8 nitrogen and oxygen atoms in total. The number of hydrogen-bond donors (Lipinski definition) is 0. The molecule has 6 aromatic carbocycles. The maximum atomic E-state index is 14.4. The van der Waals surface area contributed by atoms with Gasteiger partial charge in [0.15, 0.2) is 34.9 Å². The molecule has 0 N–H and O–H groups in total. The van der Waals surface area contributed by atoms with Gasteiger partial charge in [-0.25, -0.2) is 29.9 Å². The second-order valence-electron chi connectivity index (χ2n) is 14.0. The predicted octanol–water partition coefficient (Wildman–Crippen LogP) is 11.0. The Balaban J connectivity index is 1.25. The summed E-state index contributed by atoms with van der Waals surface area (Å²) in [7, 11) is 0. The van der Waals surface area contributed by atoms with Gasteiger partial charge >= 0.3 is 0 Å². The van der Waals surface area contributed by atoms with Crippen molar-refractivity contribution in [3.8, 4) is 56.9 Å². The van der Waals surface area contributed by atoms with Gasteiger partial charge in [-0.3, -0.25) is 9.20 Å². The highest BCUT2D eigenvalue weighted by molar-refractivity contribution is 6.16. The molecule has 0 spiro atoms. The third-order valence-electron chi connectivity index (χ3n) is 10.4. The topological polar surface area (TPSA) is 98.8 Å². The van der Waals surface area contributed by atoms with E-state index in [1.54, 1.807) is 10.5 Å². The molecule has 0 radical (unpaired) electrons. The van der Waals surface area contributed by atoms with Crippen molar-refractivity contribution in [1.29, 1.82) is 0 Å². The summed E-state index contributed by atoms with van der Waals surface area (Å²) in [5, 5.41) is 3.17. The maximum absolute atomic E-state index is 14.4. The van der Waals surface area contributed by atoms with E-state index in [0.29, 0.717) is 46.0 Å². The third-order valence-corrected chi connectivity index (χ3v) is 10.4. The first kappa shape index (κ1) is 34.5. The summed E-state index contributed by atoms with van der Waals surface area (Å²) in [5.74, 6) is 3.28. The second kappa shape index (κ2) is 14.3. The van der Waals surface area contributed by atoms with Crippen LogP contribution in [0.1, 0.15) is 24.0 Å². The molecule has 0 saturated heterocycles. The maximum Gasteiger partial charge on any atom is 0.263 e. The van der Waals surface area contributed by atoms with Crippen LogP contribution in [0.2, 0.25) is 0 Å². The molecule has 0 fully saturated rings. The minimum atomic E-state index is -0.121. The van der Waals surface area contributed by atoms with Crippen LogP contribution in [0.15, 0.2) is 169 Å². The smallest absolute Gasteiger partial charge is 0.263 e. The highest BCUT2D eigenvalue weighted by atomic mass is 16.1. The summed E-state index contributed by atoms with van der Waals surface area (Å²) in [6, 6.07) is 51.5. The lowest BCUT2D eigenvalue weighted by molar-refractivity contribution is 1.03. The molecule has 0 aliphatic rings. The number of fused-ring (bicyclic) bond motifs is 2. The number of aromatic nitrogens is 7. The largest absolute Gasteiger partial charge is 0.275 e. The number of pyridine rings is 1. The van der Waals surface area contributed by atoms with E-state index in [4.69, 9.17) is 29.9 Å². The van der Waals surface area contributed by atoms with Gasteiger partial charge in [-0.05, 0) is 48.2 Å². The first-order valence-corrected chi connectivity index (χ1v) is 19.0. The molecular formula is C50H33N7O. The van der Waals surface area contributed by atoms with Crippen LogP contribution in [-0.2, 0) is 0 Å². The van der Waals surface area contributed by atoms with Crippen molar-refractivity contribution < 1.29 is 0 Å². The van der Waals surface area contributed by atoms with Crippen LogP contribution in [-0.4, -0.2) is 34.3 Å². The van der Waals surface area contributed by atoms with E-state index < -0.39 is 0 Å². The van der Waals surface area contributed by atoms with Crippen molar-refractivity contribution in [1.82, 2.24) is 34.3 Å². The number of nitrogens with zero attached hydrogens (tertiary/aromatic N) is 7. The molecule has 0 aliphatic heterocycles. The minimum absolute atomic E-state index is 0.121. The van der Waals surface area contributed by atoms with Crippen LogP contribution >= 0.6 is 0 Å². The molecule has 0 bridgehead atoms. The molecule has 4 heterocycles. The molecule has 8 heteroatoms. The third kappa shape index (κ3) is 6.00. The molecule has 4 aromatic heterocycles. The number of allylic oxidation sites excluding steroid dienone is 1. The fourth-order valence-corrected chi connectivity index (χ4v) is 7.59. The fourth-order valence-electron chi connectivity index (χ4n) is 7.59. The quantitative estimate of drug-likeness (QED) is 0.143. The van der Waals surface area contributed by atoms with Gasteiger partial charge < -0.3 is 0 Å². The molecule has 274 valence electrons. The van der Waals surface area contributed by atoms with E-state index in [-0.39, 0.29) is 5.56 Å². The Bertz CT molecular complexity index is 3140. The van der Waals surface area contributed by atoms with Crippen LogP contribution in [0, 0.1) is 0 Å². The summed E-state index contributed by atoms with van der Waals surface area (Å²) in [6.07, 6.45) is 3.79. The monoisotopic (exact) mass is 747 g/mol. The summed E-state index contributed by atoms with van der Waals surface area (Å²) >= 11 is 0. The van der Waals surface area contributed by atoms with Crippen molar-refractivity contribution in [2.45, 2.75) is 6.92 Å². The van der Waals surface area contributed by atoms with Crippen molar-refractivity contribution in [2.75, 3.05) is 0 Å². The lowest BCUT2D eigenvalue weighted by Gasteiger charge is -2.11. The van der Waals surface area contributed by atoms with Crippen LogP contribution in [0.5, 0.6) is 0 Å². The van der Waals surface area contributed by atoms with Crippen LogP contribution in [0.25, 0.3) is 102 Å². The predicted molar refractivity (Wildman–Crippen MR) is 234 cm³/mol. The summed E-state index contributed by atoms with van der Waals surface area (Å²) in [6.45, 7) is 6.21. The fraction of sp³-hybridized carbons (Fsp3) is 0.0200. The SMILES string of the molecule is C=Cc1c(/C=C(\C)c2nc(-c3ccccc3)nc(-c3ccccc3)n2)c2cc(-c3nc(-c4ccccc4)nc(-c4ccccc4)n3)cc3c4ccccc4c(=O)n1c23. The van der Waals surface area contributed by atoms with Crippen molar-refractivity contribution in [2.24, 2.45) is 0 Å². The first-order valence-electron chi connectivity index (χ1n) is 19.0. The Hall–Kier alpha value is -7.97. The zero-order valence-corrected chi connectivity index (χ0v) is 31.4. The number of rotatable bonds is 8. The standard InChI is InChI=1S/C50H33N7O/c1-3-42-39(28-31(2)44-51-45(32-18-8-4-9-19-32)53-46(52-44)33-20-10-5-11-21-33)41-30-36(29-40-37-26-16-17-27-38(37)50(58)57(42)43(40)41)49-55-47(34-22-12-6-13-23-34)54-48(56-49)35-24-14-7-15-25-35/h3-30H,1H2,2H3/b31-28+. The first-order chi connectivity index (χ1) is 28.5. The molecule has 0 unspecified atom stereocenters. The zero-order valence-electron chi connectivity index (χ0n) is 31.4. The number of benzene rings is 6. The van der Waals surface area contributed by atoms with Gasteiger partial charge in [0.2, 0.25) is 0 Å². The van der Waals surface area contributed by atoms with Gasteiger partial charge in [0.1, 0.15) is 0 Å². The van der Waals surface area contributed by atoms with Gasteiger partial charge in [0.25, 0.3) is 5.56 Å². The van der Waals surface area contributed by atoms with Gasteiger partial charge in [-0.2, -0.15) is 0 Å². The Morgan fingerprint density at radius 2 is 0.879 bits per heavy atom. The molecule has 0 amide bonds. The highest BCUT2D eigenvalue weighted by Crippen LogP contribution is 2.39. The zero-order chi connectivity index (χ0) is 39.2. The molecular weight excluding hydrogens is 715 g/mol. The van der Waals surface area contributed by atoms with E-state index >= 15 is 0 Å². The van der Waals surface area contributed by atoms with Gasteiger partial charge in [0, 0.05) is 49.5 Å². The van der Waals surface area contributed by atoms with E-state index in [0.717, 1.165) is 60.6 Å². The van der Waals surface area contributed by atoms with Crippen molar-refractivity contribution in [3.63, 3.8) is 0 Å². The lowest BCUT2D eigenvalue weighted by Crippen LogP contribution is -2.14. The van der Waals surface area contributed by atoms with Crippen LogP contribution in [0.4, 0.5) is 0 Å². The van der Waals surface area contributed by atoms with Crippen molar-refractivity contribution >= 4 is 44.8 Å². The summed E-state index contributed by atoms with van der Waals surface area (Å²) in [4.78, 5) is 44.4. The van der Waals surface area contributed by atoms with E-state index in [2.05, 4.69) is 18.7 Å². The van der Waals surface area contributed by atoms with E-state index in [1.807, 2.05) is 159 Å². The molecule has 10 rings (SSSR count). The Morgan fingerprint density at radius 1 is 0.483 bits per heavy atom. The van der Waals surface area contributed by atoms with Gasteiger partial charge in [-0.1, -0.05) is 146 Å². The molecule has 0 aliphatic carbocycles. The van der Waals surface area contributed by atoms with Crippen LogP contribution in [0.3, 0.4) is 0 Å².